The third kappa shape index (κ3) is 4.26. The third-order valence-electron chi connectivity index (χ3n) is 3.20. The van der Waals surface area contributed by atoms with E-state index in [1.807, 2.05) is 0 Å². The van der Waals surface area contributed by atoms with Crippen molar-refractivity contribution in [2.75, 3.05) is 19.6 Å². The summed E-state index contributed by atoms with van der Waals surface area (Å²) in [5, 5.41) is 3.27. The SMILES string of the molecule is O=S(=O)(NCC1CCNCC1)c1ccc(Br)cc1Br. The highest BCUT2D eigenvalue weighted by Gasteiger charge is 2.20. The zero-order chi connectivity index (χ0) is 13.9. The largest absolute Gasteiger partial charge is 0.317 e. The first-order chi connectivity index (χ1) is 8.99. The number of nitrogens with one attached hydrogen (secondary N) is 2. The van der Waals surface area contributed by atoms with E-state index in [4.69, 9.17) is 0 Å². The highest BCUT2D eigenvalue weighted by Crippen LogP contribution is 2.25. The van der Waals surface area contributed by atoms with Gasteiger partial charge >= 0.3 is 0 Å². The molecule has 7 heteroatoms. The van der Waals surface area contributed by atoms with Crippen molar-refractivity contribution in [2.45, 2.75) is 17.7 Å². The maximum Gasteiger partial charge on any atom is 0.241 e. The van der Waals surface area contributed by atoms with Crippen LogP contribution in [0.5, 0.6) is 0 Å². The number of piperidine rings is 1. The number of rotatable bonds is 4. The van der Waals surface area contributed by atoms with Crippen LogP contribution in [0.4, 0.5) is 0 Å². The third-order valence-corrected chi connectivity index (χ3v) is 6.10. The van der Waals surface area contributed by atoms with E-state index < -0.39 is 10.0 Å². The normalized spacial score (nSPS) is 17.6. The van der Waals surface area contributed by atoms with Gasteiger partial charge in [-0.05, 0) is 66.0 Å². The fourth-order valence-corrected chi connectivity index (χ4v) is 4.94. The summed E-state index contributed by atoms with van der Waals surface area (Å²) >= 11 is 6.60. The van der Waals surface area contributed by atoms with E-state index in [2.05, 4.69) is 41.9 Å². The molecular formula is C12H16Br2N2O2S. The Bertz CT molecular complexity index is 543. The summed E-state index contributed by atoms with van der Waals surface area (Å²) in [6.45, 7) is 2.44. The lowest BCUT2D eigenvalue weighted by molar-refractivity contribution is 0.372. The Kier molecular flexibility index (Phi) is 5.42. The molecule has 1 aliphatic heterocycles. The van der Waals surface area contributed by atoms with E-state index in [1.165, 1.54) is 0 Å². The van der Waals surface area contributed by atoms with Crippen LogP contribution in [0.25, 0.3) is 0 Å². The molecule has 0 radical (unpaired) electrons. The first-order valence-electron chi connectivity index (χ1n) is 6.14. The van der Waals surface area contributed by atoms with Crippen LogP contribution in [0.3, 0.4) is 0 Å². The monoisotopic (exact) mass is 410 g/mol. The summed E-state index contributed by atoms with van der Waals surface area (Å²) in [7, 11) is -3.45. The molecule has 0 spiro atoms. The van der Waals surface area contributed by atoms with E-state index in [0.717, 1.165) is 30.4 Å². The van der Waals surface area contributed by atoms with E-state index in [-0.39, 0.29) is 4.90 Å². The van der Waals surface area contributed by atoms with E-state index in [0.29, 0.717) is 16.9 Å². The lowest BCUT2D eigenvalue weighted by Gasteiger charge is -2.22. The molecule has 19 heavy (non-hydrogen) atoms. The van der Waals surface area contributed by atoms with Gasteiger partial charge in [-0.3, -0.25) is 0 Å². The van der Waals surface area contributed by atoms with Gasteiger partial charge in [0.05, 0.1) is 4.90 Å². The van der Waals surface area contributed by atoms with Gasteiger partial charge in [-0.1, -0.05) is 15.9 Å². The van der Waals surface area contributed by atoms with Crippen LogP contribution in [0.1, 0.15) is 12.8 Å². The second-order valence-electron chi connectivity index (χ2n) is 4.62. The number of benzene rings is 1. The molecule has 1 heterocycles. The molecule has 0 atom stereocenters. The van der Waals surface area contributed by atoms with Gasteiger partial charge in [0.15, 0.2) is 0 Å². The highest BCUT2D eigenvalue weighted by molar-refractivity contribution is 9.11. The fourth-order valence-electron chi connectivity index (χ4n) is 2.08. The minimum Gasteiger partial charge on any atom is -0.317 e. The van der Waals surface area contributed by atoms with Crippen LogP contribution in [0.2, 0.25) is 0 Å². The molecule has 1 aliphatic rings. The molecule has 0 amide bonds. The zero-order valence-corrected chi connectivity index (χ0v) is 14.3. The van der Waals surface area contributed by atoms with Crippen LogP contribution >= 0.6 is 31.9 Å². The first kappa shape index (κ1) is 15.4. The molecular weight excluding hydrogens is 396 g/mol. The average molecular weight is 412 g/mol. The first-order valence-corrected chi connectivity index (χ1v) is 9.21. The molecule has 1 aromatic rings. The van der Waals surface area contributed by atoms with Crippen molar-refractivity contribution in [3.63, 3.8) is 0 Å². The van der Waals surface area contributed by atoms with Gasteiger partial charge in [-0.15, -0.1) is 0 Å². The van der Waals surface area contributed by atoms with Crippen molar-refractivity contribution < 1.29 is 8.42 Å². The van der Waals surface area contributed by atoms with Crippen molar-refractivity contribution in [3.8, 4) is 0 Å². The molecule has 1 fully saturated rings. The molecule has 2 N–H and O–H groups in total. The number of hydrogen-bond donors (Lipinski definition) is 2. The standard InChI is InChI=1S/C12H16Br2N2O2S/c13-10-1-2-12(11(14)7-10)19(17,18)16-8-9-3-5-15-6-4-9/h1-2,7,9,15-16H,3-6,8H2. The average Bonchev–Trinajstić information content (AvgIpc) is 2.37. The Hall–Kier alpha value is 0.0500. The van der Waals surface area contributed by atoms with Crippen LogP contribution in [-0.4, -0.2) is 28.1 Å². The molecule has 1 aromatic carbocycles. The van der Waals surface area contributed by atoms with Gasteiger partial charge in [0.2, 0.25) is 10.0 Å². The van der Waals surface area contributed by atoms with Crippen molar-refractivity contribution in [1.82, 2.24) is 10.0 Å². The topological polar surface area (TPSA) is 58.2 Å². The summed E-state index contributed by atoms with van der Waals surface area (Å²) in [4.78, 5) is 0.282. The summed E-state index contributed by atoms with van der Waals surface area (Å²) in [5.41, 5.74) is 0. The summed E-state index contributed by atoms with van der Waals surface area (Å²) in [6, 6.07) is 5.06. The summed E-state index contributed by atoms with van der Waals surface area (Å²) < 4.78 is 28.6. The molecule has 0 aliphatic carbocycles. The van der Waals surface area contributed by atoms with Gasteiger partial charge in [0, 0.05) is 15.5 Å². The maximum atomic E-state index is 12.2. The molecule has 4 nitrogen and oxygen atoms in total. The summed E-state index contributed by atoms with van der Waals surface area (Å²) in [5.74, 6) is 0.422. The quantitative estimate of drug-likeness (QED) is 0.800. The molecule has 0 unspecified atom stereocenters. The van der Waals surface area contributed by atoms with E-state index >= 15 is 0 Å². The van der Waals surface area contributed by atoms with Gasteiger partial charge in [0.25, 0.3) is 0 Å². The smallest absolute Gasteiger partial charge is 0.241 e. The van der Waals surface area contributed by atoms with Crippen LogP contribution in [0, 0.1) is 5.92 Å². The van der Waals surface area contributed by atoms with Crippen LogP contribution in [-0.2, 0) is 10.0 Å². The summed E-state index contributed by atoms with van der Waals surface area (Å²) in [6.07, 6.45) is 2.04. The molecule has 1 saturated heterocycles. The van der Waals surface area contributed by atoms with Crippen LogP contribution in [0.15, 0.2) is 32.0 Å². The van der Waals surface area contributed by atoms with Crippen molar-refractivity contribution in [2.24, 2.45) is 5.92 Å². The number of hydrogen-bond acceptors (Lipinski definition) is 3. The Morgan fingerprint density at radius 3 is 2.58 bits per heavy atom. The van der Waals surface area contributed by atoms with Crippen molar-refractivity contribution >= 4 is 41.9 Å². The molecule has 0 bridgehead atoms. The second-order valence-corrected chi connectivity index (χ2v) is 8.13. The maximum absolute atomic E-state index is 12.2. The van der Waals surface area contributed by atoms with Gasteiger partial charge in [-0.25, -0.2) is 13.1 Å². The molecule has 0 aromatic heterocycles. The fraction of sp³-hybridized carbons (Fsp3) is 0.500. The number of sulfonamides is 1. The minimum absolute atomic E-state index is 0.282. The molecule has 106 valence electrons. The predicted molar refractivity (Wildman–Crippen MR) is 82.6 cm³/mol. The molecule has 0 saturated carbocycles. The van der Waals surface area contributed by atoms with E-state index in [1.54, 1.807) is 18.2 Å². The van der Waals surface area contributed by atoms with Crippen molar-refractivity contribution in [1.29, 1.82) is 0 Å². The minimum atomic E-state index is -3.45. The van der Waals surface area contributed by atoms with Crippen molar-refractivity contribution in [3.05, 3.63) is 27.1 Å². The van der Waals surface area contributed by atoms with Gasteiger partial charge in [-0.2, -0.15) is 0 Å². The zero-order valence-electron chi connectivity index (χ0n) is 10.3. The number of halogens is 2. The lowest BCUT2D eigenvalue weighted by atomic mass is 9.99. The Balaban J connectivity index is 2.05. The van der Waals surface area contributed by atoms with Crippen LogP contribution < -0.4 is 10.0 Å². The molecule has 2 rings (SSSR count). The highest BCUT2D eigenvalue weighted by atomic mass is 79.9. The second kappa shape index (κ2) is 6.67. The Morgan fingerprint density at radius 2 is 1.95 bits per heavy atom. The Labute approximate surface area is 130 Å². The van der Waals surface area contributed by atoms with E-state index in [9.17, 15) is 8.42 Å². The van der Waals surface area contributed by atoms with Gasteiger partial charge in [0.1, 0.15) is 0 Å². The predicted octanol–water partition coefficient (Wildman–Crippen LogP) is 2.49. The van der Waals surface area contributed by atoms with Gasteiger partial charge < -0.3 is 5.32 Å². The Morgan fingerprint density at radius 1 is 1.26 bits per heavy atom. The lowest BCUT2D eigenvalue weighted by Crippen LogP contribution is -2.36.